The Balaban J connectivity index is 1.44. The van der Waals surface area contributed by atoms with Gasteiger partial charge in [-0.15, -0.1) is 0 Å². The molecule has 0 radical (unpaired) electrons. The van der Waals surface area contributed by atoms with Crippen LogP contribution in [0.15, 0.2) is 36.4 Å². The summed E-state index contributed by atoms with van der Waals surface area (Å²) in [5, 5.41) is 0. The van der Waals surface area contributed by atoms with Crippen molar-refractivity contribution in [1.82, 2.24) is 9.80 Å². The maximum Gasteiger partial charge on any atom is 0.410 e. The summed E-state index contributed by atoms with van der Waals surface area (Å²) in [4.78, 5) is 51.7. The Hall–Kier alpha value is -3.68. The van der Waals surface area contributed by atoms with Crippen molar-refractivity contribution in [2.75, 3.05) is 0 Å². The van der Waals surface area contributed by atoms with Crippen LogP contribution in [-0.2, 0) is 40.6 Å². The summed E-state index contributed by atoms with van der Waals surface area (Å²) in [5.41, 5.74) is 3.81. The predicted molar refractivity (Wildman–Crippen MR) is 132 cm³/mol. The summed E-state index contributed by atoms with van der Waals surface area (Å²) in [7, 11) is 0. The molecule has 0 fully saturated rings. The molecule has 2 aliphatic heterocycles. The van der Waals surface area contributed by atoms with Gasteiger partial charge in [0.05, 0.1) is 12.6 Å². The Kier molecular flexibility index (Phi) is 7.15. The quantitative estimate of drug-likeness (QED) is 0.507. The van der Waals surface area contributed by atoms with Crippen molar-refractivity contribution in [3.8, 4) is 5.75 Å². The monoisotopic (exact) mass is 492 g/mol. The first kappa shape index (κ1) is 25.4. The number of benzene rings is 2. The van der Waals surface area contributed by atoms with Crippen LogP contribution in [-0.4, -0.2) is 45.5 Å². The van der Waals surface area contributed by atoms with E-state index in [4.69, 9.17) is 9.47 Å². The Bertz CT molecular complexity index is 1200. The molecule has 2 amide bonds. The molecule has 2 aromatic rings. The first-order valence-corrected chi connectivity index (χ1v) is 12.2. The van der Waals surface area contributed by atoms with Crippen molar-refractivity contribution in [3.05, 3.63) is 64.2 Å². The Morgan fingerprint density at radius 2 is 1.83 bits per heavy atom. The average Bonchev–Trinajstić information content (AvgIpc) is 3.38. The predicted octanol–water partition coefficient (Wildman–Crippen LogP) is 4.41. The van der Waals surface area contributed by atoms with Crippen LogP contribution in [0.25, 0.3) is 0 Å². The highest BCUT2D eigenvalue weighted by atomic mass is 16.6. The van der Waals surface area contributed by atoms with E-state index in [-0.39, 0.29) is 30.7 Å². The van der Waals surface area contributed by atoms with E-state index in [9.17, 15) is 19.2 Å². The number of Topliss-reactive ketones (excluding diaryl/α,β-unsaturated/α-hetero) is 1. The molecule has 0 spiro atoms. The maximum absolute atomic E-state index is 13.0. The zero-order chi connectivity index (χ0) is 26.0. The molecule has 8 heteroatoms. The van der Waals surface area contributed by atoms with Gasteiger partial charge in [0.25, 0.3) is 5.91 Å². The molecule has 36 heavy (non-hydrogen) atoms. The molecule has 4 rings (SSSR count). The van der Waals surface area contributed by atoms with Gasteiger partial charge < -0.3 is 19.2 Å². The lowest BCUT2D eigenvalue weighted by Gasteiger charge is -2.25. The Morgan fingerprint density at radius 1 is 1.08 bits per heavy atom. The number of fused-ring (bicyclic) bond motifs is 2. The van der Waals surface area contributed by atoms with Crippen molar-refractivity contribution < 1.29 is 28.7 Å². The van der Waals surface area contributed by atoms with Crippen molar-refractivity contribution >= 4 is 24.1 Å². The third-order valence-electron chi connectivity index (χ3n) is 6.40. The summed E-state index contributed by atoms with van der Waals surface area (Å²) < 4.78 is 11.6. The van der Waals surface area contributed by atoms with Crippen LogP contribution < -0.4 is 4.74 Å². The summed E-state index contributed by atoms with van der Waals surface area (Å²) in [6.45, 7) is 8.55. The number of ether oxygens (including phenoxy) is 2. The van der Waals surface area contributed by atoms with Crippen molar-refractivity contribution in [3.63, 3.8) is 0 Å². The van der Waals surface area contributed by atoms with Crippen molar-refractivity contribution in [1.29, 1.82) is 0 Å². The molecule has 0 aromatic heterocycles. The van der Waals surface area contributed by atoms with Gasteiger partial charge in [-0.2, -0.15) is 0 Å². The van der Waals surface area contributed by atoms with Crippen LogP contribution in [0, 0.1) is 0 Å². The number of nitrogens with zero attached hydrogens (tertiary/aromatic N) is 2. The van der Waals surface area contributed by atoms with Gasteiger partial charge in [-0.05, 0) is 62.9 Å². The van der Waals surface area contributed by atoms with Gasteiger partial charge in [-0.3, -0.25) is 14.5 Å². The smallest absolute Gasteiger partial charge is 0.410 e. The number of ketones is 1. The van der Waals surface area contributed by atoms with E-state index in [0.29, 0.717) is 37.4 Å². The molecule has 0 saturated heterocycles. The maximum atomic E-state index is 13.0. The number of rotatable bonds is 8. The normalized spacial score (nSPS) is 15.4. The third-order valence-corrected chi connectivity index (χ3v) is 6.40. The van der Waals surface area contributed by atoms with Gasteiger partial charge in [-0.1, -0.05) is 24.3 Å². The summed E-state index contributed by atoms with van der Waals surface area (Å²) in [6, 6.07) is 10.7. The largest absolute Gasteiger partial charge is 0.489 e. The fourth-order valence-electron chi connectivity index (χ4n) is 4.67. The molecule has 8 nitrogen and oxygen atoms in total. The zero-order valence-electron chi connectivity index (χ0n) is 21.2. The van der Waals surface area contributed by atoms with E-state index in [1.807, 2.05) is 45.0 Å². The molecule has 0 bridgehead atoms. The molecular weight excluding hydrogens is 460 g/mol. The van der Waals surface area contributed by atoms with Crippen LogP contribution >= 0.6 is 0 Å². The van der Waals surface area contributed by atoms with Gasteiger partial charge in [-0.25, -0.2) is 4.79 Å². The Morgan fingerprint density at radius 3 is 2.53 bits per heavy atom. The molecule has 0 saturated carbocycles. The highest BCUT2D eigenvalue weighted by Gasteiger charge is 2.36. The van der Waals surface area contributed by atoms with Gasteiger partial charge in [0, 0.05) is 30.6 Å². The molecule has 1 atom stereocenters. The molecular formula is C28H32N2O6. The van der Waals surface area contributed by atoms with Crippen molar-refractivity contribution in [2.24, 2.45) is 0 Å². The number of carbonyl (C=O) groups is 4. The van der Waals surface area contributed by atoms with Gasteiger partial charge in [0.1, 0.15) is 24.2 Å². The molecule has 2 heterocycles. The number of hydrogen-bond donors (Lipinski definition) is 0. The Labute approximate surface area is 211 Å². The molecule has 2 aromatic carbocycles. The first-order chi connectivity index (χ1) is 17.1. The highest BCUT2D eigenvalue weighted by Crippen LogP contribution is 2.34. The van der Waals surface area contributed by atoms with Crippen LogP contribution in [0.4, 0.5) is 4.79 Å². The van der Waals surface area contributed by atoms with Gasteiger partial charge in [0.2, 0.25) is 0 Å². The highest BCUT2D eigenvalue weighted by molar-refractivity contribution is 6.01. The van der Waals surface area contributed by atoms with Gasteiger partial charge in [0.15, 0.2) is 5.78 Å². The summed E-state index contributed by atoms with van der Waals surface area (Å²) in [5.74, 6) is 0.234. The fourth-order valence-corrected chi connectivity index (χ4v) is 4.67. The molecule has 0 N–H and O–H groups in total. The molecule has 1 unspecified atom stereocenters. The SMILES string of the molecule is CC(=O)C(CCC=O)N1Cc2c(OCc3ccc4c(c3)CN(C(=O)OC(C)(C)C)C4)cccc2C1=O. The number of carbonyl (C=O) groups excluding carboxylic acids is 4. The zero-order valence-corrected chi connectivity index (χ0v) is 21.2. The number of aldehydes is 1. The molecule has 2 aliphatic rings. The molecule has 0 aliphatic carbocycles. The minimum absolute atomic E-state index is 0.140. The third kappa shape index (κ3) is 5.42. The van der Waals surface area contributed by atoms with Crippen molar-refractivity contribution in [2.45, 2.75) is 78.4 Å². The fraction of sp³-hybridized carbons (Fsp3) is 0.429. The summed E-state index contributed by atoms with van der Waals surface area (Å²) >= 11 is 0. The van der Waals surface area contributed by atoms with E-state index in [2.05, 4.69) is 0 Å². The average molecular weight is 493 g/mol. The van der Waals surface area contributed by atoms with E-state index in [1.165, 1.54) is 11.8 Å². The minimum atomic E-state index is -0.632. The standard InChI is InChI=1S/C28H32N2O6/c1-18(32)24(8-6-12-31)30-16-23-22(26(30)33)7-5-9-25(23)35-17-19-10-11-20-14-29(15-21(20)13-19)27(34)36-28(2,3)4/h5,7,9-13,24H,6,8,14-17H2,1-4H3. The number of hydrogen-bond acceptors (Lipinski definition) is 6. The lowest BCUT2D eigenvalue weighted by Crippen LogP contribution is -2.40. The minimum Gasteiger partial charge on any atom is -0.489 e. The van der Waals surface area contributed by atoms with Gasteiger partial charge >= 0.3 is 6.09 Å². The second-order valence-electron chi connectivity index (χ2n) is 10.3. The van der Waals surface area contributed by atoms with Crippen LogP contribution in [0.1, 0.15) is 73.1 Å². The lowest BCUT2D eigenvalue weighted by atomic mass is 10.1. The van der Waals surface area contributed by atoms with Crippen LogP contribution in [0.2, 0.25) is 0 Å². The first-order valence-electron chi connectivity index (χ1n) is 12.2. The second-order valence-corrected chi connectivity index (χ2v) is 10.3. The second kappa shape index (κ2) is 10.1. The van der Waals surface area contributed by atoms with Crippen LogP contribution in [0.5, 0.6) is 5.75 Å². The van der Waals surface area contributed by atoms with E-state index < -0.39 is 11.6 Å². The summed E-state index contributed by atoms with van der Waals surface area (Å²) in [6.07, 6.45) is 0.964. The van der Waals surface area contributed by atoms with Crippen LogP contribution in [0.3, 0.4) is 0 Å². The number of amides is 2. The van der Waals surface area contributed by atoms with E-state index >= 15 is 0 Å². The van der Waals surface area contributed by atoms with E-state index in [1.54, 1.807) is 17.0 Å². The van der Waals surface area contributed by atoms with E-state index in [0.717, 1.165) is 28.5 Å². The topological polar surface area (TPSA) is 93.2 Å². The molecule has 190 valence electrons. The lowest BCUT2D eigenvalue weighted by molar-refractivity contribution is -0.121.